The molecule has 2 heterocycles. The molecule has 0 unspecified atom stereocenters. The van der Waals surface area contributed by atoms with Gasteiger partial charge in [-0.1, -0.05) is 91.0 Å². The van der Waals surface area contributed by atoms with Crippen LogP contribution in [0.1, 0.15) is 27.8 Å². The van der Waals surface area contributed by atoms with E-state index in [9.17, 15) is 21.0 Å². The van der Waals surface area contributed by atoms with Crippen LogP contribution < -0.4 is 0 Å². The zero-order valence-electron chi connectivity index (χ0n) is 40.1. The first-order chi connectivity index (χ1) is 36.7. The highest BCUT2D eigenvalue weighted by molar-refractivity contribution is 6.14. The van der Waals surface area contributed by atoms with Crippen molar-refractivity contribution in [2.45, 2.75) is 6.92 Å². The molecule has 2 aromatic heterocycles. The smallest absolute Gasteiger partial charge is 0.197 e. The molecule has 0 bridgehead atoms. The van der Waals surface area contributed by atoms with Crippen LogP contribution in [0.2, 0.25) is 0 Å². The number of nitriles is 4. The summed E-state index contributed by atoms with van der Waals surface area (Å²) in [7, 11) is 0. The van der Waals surface area contributed by atoms with E-state index in [4.69, 9.17) is 13.1 Å². The molecule has 0 aliphatic carbocycles. The molecule has 0 aliphatic rings. The average Bonchev–Trinajstić information content (AvgIpc) is 4.06. The Morgan fingerprint density at radius 1 is 0.333 bits per heavy atom. The largest absolute Gasteiger partial charge is 0.308 e. The molecule has 0 fully saturated rings. The van der Waals surface area contributed by atoms with Crippen molar-refractivity contribution in [1.29, 1.82) is 21.0 Å². The van der Waals surface area contributed by atoms with Gasteiger partial charge in [-0.2, -0.15) is 21.0 Å². The topological polar surface area (TPSA) is 114 Å². The minimum atomic E-state index is 0.413. The quantitative estimate of drug-likeness (QED) is 0.148. The van der Waals surface area contributed by atoms with E-state index in [-0.39, 0.29) is 0 Å². The monoisotopic (exact) mass is 952 g/mol. The Hall–Kier alpha value is -11.3. The fourth-order valence-electron chi connectivity index (χ4n) is 10.5. The van der Waals surface area contributed by atoms with Crippen LogP contribution in [0.25, 0.3) is 120 Å². The normalized spacial score (nSPS) is 10.9. The van der Waals surface area contributed by atoms with Gasteiger partial charge in [-0.15, -0.1) is 0 Å². The minimum absolute atomic E-state index is 0.413. The highest BCUT2D eigenvalue weighted by Crippen LogP contribution is 2.46. The van der Waals surface area contributed by atoms with Gasteiger partial charge in [0.2, 0.25) is 0 Å². The molecule has 0 saturated carbocycles. The first kappa shape index (κ1) is 44.9. The summed E-state index contributed by atoms with van der Waals surface area (Å²) in [5, 5.41) is 43.0. The molecule has 8 nitrogen and oxygen atoms in total. The molecule has 0 aliphatic heterocycles. The third kappa shape index (κ3) is 7.76. The summed E-state index contributed by atoms with van der Waals surface area (Å²) in [6.07, 6.45) is 0. The van der Waals surface area contributed by atoms with Crippen molar-refractivity contribution in [1.82, 2.24) is 9.13 Å². The first-order valence-corrected chi connectivity index (χ1v) is 24.0. The molecule has 75 heavy (non-hydrogen) atoms. The van der Waals surface area contributed by atoms with Crippen molar-refractivity contribution in [3.63, 3.8) is 0 Å². The van der Waals surface area contributed by atoms with Crippen LogP contribution in [0.5, 0.6) is 0 Å². The molecule has 8 heteroatoms. The number of rotatable bonds is 7. The van der Waals surface area contributed by atoms with Crippen LogP contribution >= 0.6 is 0 Å². The Bertz CT molecular complexity index is 4400. The van der Waals surface area contributed by atoms with Gasteiger partial charge in [0, 0.05) is 21.5 Å². The predicted octanol–water partition coefficient (Wildman–Crippen LogP) is 17.1. The Kier molecular flexibility index (Phi) is 10.9. The number of benzene rings is 10. The van der Waals surface area contributed by atoms with E-state index < -0.39 is 0 Å². The van der Waals surface area contributed by atoms with Gasteiger partial charge < -0.3 is 9.13 Å². The summed E-state index contributed by atoms with van der Waals surface area (Å²) in [5.41, 5.74) is 18.5. The van der Waals surface area contributed by atoms with Crippen LogP contribution in [0.15, 0.2) is 200 Å². The molecule has 0 radical (unpaired) electrons. The number of hydrogen-bond donors (Lipinski definition) is 0. The molecule has 0 spiro atoms. The molecule has 0 amide bonds. The molecule has 12 aromatic rings. The minimum Gasteiger partial charge on any atom is -0.308 e. The summed E-state index contributed by atoms with van der Waals surface area (Å²) < 4.78 is 4.52. The van der Waals surface area contributed by atoms with Gasteiger partial charge in [0.05, 0.1) is 93.1 Å². The summed E-state index contributed by atoms with van der Waals surface area (Å²) in [6, 6.07) is 74.9. The second-order valence-electron chi connectivity index (χ2n) is 18.5. The van der Waals surface area contributed by atoms with E-state index in [1.807, 2.05) is 128 Å². The SMILES string of the molecule is [C-]#[N+]c1ccc(-c2ccc3c(c2)c2cc(-c4ccc(C#N)cc4)ccc2n3-c2cc([N+]#[C-])c(-c3cc(C)cc(C#N)c3)cc2-n2c3ccc(-c4ccc(C#N)cc4)cc3c3cc(-c4ccc(C#N)cc4)ccc32)cc1. The Labute approximate surface area is 432 Å². The van der Waals surface area contributed by atoms with Crippen molar-refractivity contribution in [3.05, 3.63) is 251 Å². The van der Waals surface area contributed by atoms with E-state index in [1.54, 1.807) is 0 Å². The van der Waals surface area contributed by atoms with Crippen molar-refractivity contribution in [2.75, 3.05) is 0 Å². The lowest BCUT2D eigenvalue weighted by Gasteiger charge is -2.20. The van der Waals surface area contributed by atoms with Gasteiger partial charge in [-0.25, -0.2) is 9.69 Å². The summed E-state index contributed by atoms with van der Waals surface area (Å²) >= 11 is 0. The molecule has 344 valence electrons. The summed E-state index contributed by atoms with van der Waals surface area (Å²) in [5.74, 6) is 0. The summed E-state index contributed by atoms with van der Waals surface area (Å²) in [6.45, 7) is 18.3. The fraction of sp³-hybridized carbons (Fsp3) is 0.0149. The van der Waals surface area contributed by atoms with Gasteiger partial charge in [0.15, 0.2) is 11.4 Å². The van der Waals surface area contributed by atoms with Crippen molar-refractivity contribution in [2.24, 2.45) is 0 Å². The van der Waals surface area contributed by atoms with E-state index in [0.717, 1.165) is 111 Å². The molecule has 0 N–H and O–H groups in total. The maximum Gasteiger partial charge on any atom is 0.197 e. The fourth-order valence-corrected chi connectivity index (χ4v) is 10.5. The van der Waals surface area contributed by atoms with Crippen LogP contribution in [0.3, 0.4) is 0 Å². The molecule has 0 saturated heterocycles. The number of nitrogens with zero attached hydrogens (tertiary/aromatic N) is 8. The molecular weight excluding hydrogens is 917 g/mol. The highest BCUT2D eigenvalue weighted by Gasteiger charge is 2.24. The number of hydrogen-bond acceptors (Lipinski definition) is 4. The zero-order chi connectivity index (χ0) is 51.3. The maximum absolute atomic E-state index is 10.2. The molecular formula is C67H36N8. The third-order valence-electron chi connectivity index (χ3n) is 14.1. The molecule has 12 rings (SSSR count). The van der Waals surface area contributed by atoms with E-state index in [0.29, 0.717) is 39.2 Å². The number of aromatic nitrogens is 2. The van der Waals surface area contributed by atoms with E-state index in [1.165, 1.54) is 0 Å². The lowest BCUT2D eigenvalue weighted by Crippen LogP contribution is -2.04. The van der Waals surface area contributed by atoms with Crippen molar-refractivity contribution < 1.29 is 0 Å². The van der Waals surface area contributed by atoms with Gasteiger partial charge >= 0.3 is 0 Å². The number of aryl methyl sites for hydroxylation is 1. The van der Waals surface area contributed by atoms with Gasteiger partial charge in [0.1, 0.15) is 0 Å². The third-order valence-corrected chi connectivity index (χ3v) is 14.1. The van der Waals surface area contributed by atoms with E-state index in [2.05, 4.69) is 122 Å². The van der Waals surface area contributed by atoms with Crippen molar-refractivity contribution >= 4 is 55.0 Å². The second-order valence-corrected chi connectivity index (χ2v) is 18.5. The first-order valence-electron chi connectivity index (χ1n) is 24.0. The zero-order valence-corrected chi connectivity index (χ0v) is 40.1. The van der Waals surface area contributed by atoms with Gasteiger partial charge in [0.25, 0.3) is 0 Å². The second kappa shape index (κ2) is 18.2. The van der Waals surface area contributed by atoms with Crippen LogP contribution in [-0.4, -0.2) is 9.13 Å². The van der Waals surface area contributed by atoms with Crippen LogP contribution in [-0.2, 0) is 0 Å². The van der Waals surface area contributed by atoms with Crippen molar-refractivity contribution in [3.8, 4) is 91.3 Å². The highest BCUT2D eigenvalue weighted by atomic mass is 15.1. The average molecular weight is 953 g/mol. The molecule has 10 aromatic carbocycles. The lowest BCUT2D eigenvalue weighted by atomic mass is 9.97. The Morgan fingerprint density at radius 2 is 0.680 bits per heavy atom. The summed E-state index contributed by atoms with van der Waals surface area (Å²) in [4.78, 5) is 7.84. The standard InChI is InChI=1S/C67H36N8/c1-41-28-45(40-71)30-54(29-41)56-35-66(74-62-24-18-50(46-10-4-42(37-68)5-11-46)31-57(62)58-32-51(19-25-63(58)74)47-12-6-43(38-69)7-13-47)67(36-61(56)73-3)75-64-26-20-52(48-14-8-44(39-70)9-15-48)33-59(64)60-34-53(21-27-65(60)75)49-16-22-55(72-2)23-17-49/h4-36H,1H3. The van der Waals surface area contributed by atoms with E-state index >= 15 is 0 Å². The van der Waals surface area contributed by atoms with Crippen LogP contribution in [0, 0.1) is 65.4 Å². The Balaban J connectivity index is 1.19. The maximum atomic E-state index is 10.2. The Morgan fingerprint density at radius 3 is 1.03 bits per heavy atom. The van der Waals surface area contributed by atoms with Crippen LogP contribution in [0.4, 0.5) is 11.4 Å². The number of fused-ring (bicyclic) bond motifs is 6. The lowest BCUT2D eigenvalue weighted by molar-refractivity contribution is 1.10. The van der Waals surface area contributed by atoms with Gasteiger partial charge in [-0.3, -0.25) is 0 Å². The van der Waals surface area contributed by atoms with Gasteiger partial charge in [-0.05, 0) is 177 Å². The predicted molar refractivity (Wildman–Crippen MR) is 298 cm³/mol. The molecule has 0 atom stereocenters.